The predicted molar refractivity (Wildman–Crippen MR) is 120 cm³/mol. The molecule has 2 N–H and O–H groups in total. The lowest BCUT2D eigenvalue weighted by atomic mass is 9.93. The first kappa shape index (κ1) is 21.2. The number of aliphatic hydroxyl groups is 1. The molecule has 30 heavy (non-hydrogen) atoms. The molecule has 1 fully saturated rings. The van der Waals surface area contributed by atoms with Crippen molar-refractivity contribution < 1.29 is 14.6 Å². The Kier molecular flexibility index (Phi) is 6.11. The Morgan fingerprint density at radius 1 is 1.20 bits per heavy atom. The lowest BCUT2D eigenvalue weighted by Crippen LogP contribution is -2.41. The number of nitrogens with one attached hydrogen (secondary N) is 1. The molecular formula is C22H20Cl2N2O3S. The normalized spacial score (nSPS) is 21.5. The zero-order valence-electron chi connectivity index (χ0n) is 16.2. The second-order valence-electron chi connectivity index (χ2n) is 7.59. The summed E-state index contributed by atoms with van der Waals surface area (Å²) in [4.78, 5) is 19.9. The predicted octanol–water partition coefficient (Wildman–Crippen LogP) is 5.60. The van der Waals surface area contributed by atoms with Crippen LogP contribution in [-0.2, 0) is 9.53 Å². The van der Waals surface area contributed by atoms with Gasteiger partial charge in [0, 0.05) is 33.3 Å². The number of aromatic nitrogens is 2. The van der Waals surface area contributed by atoms with Crippen molar-refractivity contribution in [1.29, 1.82) is 0 Å². The van der Waals surface area contributed by atoms with Crippen LogP contribution in [0.5, 0.6) is 0 Å². The van der Waals surface area contributed by atoms with Crippen LogP contribution in [0.2, 0.25) is 10.0 Å². The first-order valence-electron chi connectivity index (χ1n) is 9.46. The van der Waals surface area contributed by atoms with E-state index in [1.807, 2.05) is 48.5 Å². The van der Waals surface area contributed by atoms with Gasteiger partial charge < -0.3 is 14.8 Å². The highest BCUT2D eigenvalue weighted by Gasteiger charge is 2.36. The van der Waals surface area contributed by atoms with E-state index in [2.05, 4.69) is 4.98 Å². The van der Waals surface area contributed by atoms with E-state index in [1.165, 1.54) is 11.8 Å². The number of H-pyrrole nitrogens is 1. The molecule has 1 saturated heterocycles. The molecular weight excluding hydrogens is 443 g/mol. The molecule has 0 aliphatic carbocycles. The summed E-state index contributed by atoms with van der Waals surface area (Å²) < 4.78 is 5.39. The number of hydrogen-bond donors (Lipinski definition) is 2. The first-order chi connectivity index (χ1) is 14.3. The van der Waals surface area contributed by atoms with Crippen LogP contribution in [0.3, 0.4) is 0 Å². The fourth-order valence-electron chi connectivity index (χ4n) is 3.53. The number of cyclic esters (lactones) is 1. The van der Waals surface area contributed by atoms with Gasteiger partial charge in [-0.25, -0.2) is 4.98 Å². The minimum Gasteiger partial charge on any atom is -0.461 e. The zero-order valence-corrected chi connectivity index (χ0v) is 18.5. The number of aromatic amines is 1. The molecule has 1 aliphatic heterocycles. The van der Waals surface area contributed by atoms with Gasteiger partial charge in [-0.1, -0.05) is 59.2 Å². The average molecular weight is 463 g/mol. The van der Waals surface area contributed by atoms with Gasteiger partial charge in [0.2, 0.25) is 0 Å². The highest BCUT2D eigenvalue weighted by Crippen LogP contribution is 2.35. The number of ether oxygens (including phenoxy) is 1. The van der Waals surface area contributed by atoms with Crippen molar-refractivity contribution in [3.8, 4) is 22.5 Å². The molecule has 0 bridgehead atoms. The number of rotatable bonds is 5. The van der Waals surface area contributed by atoms with Crippen LogP contribution >= 0.6 is 35.0 Å². The monoisotopic (exact) mass is 462 g/mol. The lowest BCUT2D eigenvalue weighted by Gasteiger charge is -2.32. The maximum absolute atomic E-state index is 11.8. The van der Waals surface area contributed by atoms with Crippen molar-refractivity contribution >= 4 is 40.9 Å². The summed E-state index contributed by atoms with van der Waals surface area (Å²) >= 11 is 13.8. The highest BCUT2D eigenvalue weighted by atomic mass is 35.5. The highest BCUT2D eigenvalue weighted by molar-refractivity contribution is 7.99. The van der Waals surface area contributed by atoms with Crippen LogP contribution in [0.4, 0.5) is 0 Å². The Morgan fingerprint density at radius 2 is 1.87 bits per heavy atom. The Morgan fingerprint density at radius 3 is 2.53 bits per heavy atom. The molecule has 0 unspecified atom stereocenters. The maximum atomic E-state index is 11.8. The fourth-order valence-corrected chi connectivity index (χ4v) is 4.77. The summed E-state index contributed by atoms with van der Waals surface area (Å²) in [5, 5.41) is 12.2. The van der Waals surface area contributed by atoms with Crippen molar-refractivity contribution in [2.45, 2.75) is 36.6 Å². The van der Waals surface area contributed by atoms with E-state index in [4.69, 9.17) is 32.9 Å². The number of esters is 1. The molecule has 0 amide bonds. The molecule has 3 aromatic rings. The summed E-state index contributed by atoms with van der Waals surface area (Å²) in [5.41, 5.74) is 2.34. The fraction of sp³-hybridized carbons (Fsp3) is 0.273. The largest absolute Gasteiger partial charge is 0.461 e. The van der Waals surface area contributed by atoms with Crippen LogP contribution in [0.15, 0.2) is 53.7 Å². The lowest BCUT2D eigenvalue weighted by molar-refractivity contribution is -0.165. The molecule has 2 atom stereocenters. The van der Waals surface area contributed by atoms with E-state index in [0.717, 1.165) is 22.5 Å². The Bertz CT molecular complexity index is 1020. The number of thioether (sulfide) groups is 1. The molecule has 0 spiro atoms. The van der Waals surface area contributed by atoms with Gasteiger partial charge >= 0.3 is 5.97 Å². The van der Waals surface area contributed by atoms with Crippen molar-refractivity contribution in [3.05, 3.63) is 58.6 Å². The van der Waals surface area contributed by atoms with Gasteiger partial charge in [-0.3, -0.25) is 4.79 Å². The number of imidazole rings is 1. The van der Waals surface area contributed by atoms with Gasteiger partial charge in [-0.05, 0) is 31.2 Å². The second-order valence-corrected chi connectivity index (χ2v) is 9.47. The van der Waals surface area contributed by atoms with Crippen molar-refractivity contribution in [2.24, 2.45) is 0 Å². The van der Waals surface area contributed by atoms with Gasteiger partial charge in [-0.15, -0.1) is 0 Å². The molecule has 0 radical (unpaired) electrons. The number of hydrogen-bond acceptors (Lipinski definition) is 5. The van der Waals surface area contributed by atoms with Crippen LogP contribution in [0.1, 0.15) is 19.8 Å². The summed E-state index contributed by atoms with van der Waals surface area (Å²) in [6.45, 7) is 1.66. The molecule has 2 aromatic carbocycles. The quantitative estimate of drug-likeness (QED) is 0.381. The topological polar surface area (TPSA) is 75.2 Å². The van der Waals surface area contributed by atoms with Crippen LogP contribution in [0, 0.1) is 0 Å². The van der Waals surface area contributed by atoms with E-state index >= 15 is 0 Å². The SMILES string of the molecule is C[C@@]1(O)CC(=O)O[C@H](CSc2nc(-c3cccc(Cl)c3)c(-c3cccc(Cl)c3)[nH]2)C1. The number of benzene rings is 2. The number of nitrogens with zero attached hydrogens (tertiary/aromatic N) is 1. The van der Waals surface area contributed by atoms with Gasteiger partial charge in [0.15, 0.2) is 5.16 Å². The van der Waals surface area contributed by atoms with Gasteiger partial charge in [0.1, 0.15) is 6.10 Å². The van der Waals surface area contributed by atoms with E-state index in [9.17, 15) is 9.90 Å². The third-order valence-electron chi connectivity index (χ3n) is 4.79. The minimum atomic E-state index is -1.04. The second kappa shape index (κ2) is 8.63. The zero-order chi connectivity index (χ0) is 21.3. The molecule has 0 saturated carbocycles. The average Bonchev–Trinajstić information content (AvgIpc) is 3.09. The van der Waals surface area contributed by atoms with Crippen LogP contribution < -0.4 is 0 Å². The van der Waals surface area contributed by atoms with E-state index in [-0.39, 0.29) is 18.5 Å². The number of carbonyl (C=O) groups excluding carboxylic acids is 1. The Labute approximate surface area is 188 Å². The summed E-state index contributed by atoms with van der Waals surface area (Å²) in [6.07, 6.45) is 0.0437. The molecule has 1 aromatic heterocycles. The van der Waals surface area contributed by atoms with E-state index in [1.54, 1.807) is 6.92 Å². The third-order valence-corrected chi connectivity index (χ3v) is 6.27. The van der Waals surface area contributed by atoms with Gasteiger partial charge in [0.25, 0.3) is 0 Å². The van der Waals surface area contributed by atoms with Crippen molar-refractivity contribution in [2.75, 3.05) is 5.75 Å². The smallest absolute Gasteiger partial charge is 0.309 e. The Hall–Kier alpha value is -1.99. The van der Waals surface area contributed by atoms with E-state index in [0.29, 0.717) is 27.4 Å². The summed E-state index contributed by atoms with van der Waals surface area (Å²) in [5.74, 6) is 0.106. The first-order valence-corrected chi connectivity index (χ1v) is 11.2. The minimum absolute atomic E-state index is 0.0206. The van der Waals surface area contributed by atoms with Crippen LogP contribution in [0.25, 0.3) is 22.5 Å². The maximum Gasteiger partial charge on any atom is 0.309 e. The molecule has 4 rings (SSSR count). The third kappa shape index (κ3) is 5.01. The number of halogens is 2. The molecule has 2 heterocycles. The molecule has 156 valence electrons. The summed E-state index contributed by atoms with van der Waals surface area (Å²) in [6, 6.07) is 15.0. The van der Waals surface area contributed by atoms with Crippen molar-refractivity contribution in [1.82, 2.24) is 9.97 Å². The molecule has 1 aliphatic rings. The summed E-state index contributed by atoms with van der Waals surface area (Å²) in [7, 11) is 0. The molecule has 5 nitrogen and oxygen atoms in total. The standard InChI is InChI=1S/C22H20Cl2N2O3S/c1-22(28)10-17(29-18(27)11-22)12-30-21-25-19(13-4-2-6-15(23)8-13)20(26-21)14-5-3-7-16(24)9-14/h2-9,17,28H,10-12H2,1H3,(H,25,26)/t17-,22-/m0/s1. The molecule has 8 heteroatoms. The van der Waals surface area contributed by atoms with E-state index < -0.39 is 5.60 Å². The van der Waals surface area contributed by atoms with Crippen molar-refractivity contribution in [3.63, 3.8) is 0 Å². The Balaban J connectivity index is 1.63. The van der Waals surface area contributed by atoms with Gasteiger partial charge in [-0.2, -0.15) is 0 Å². The van der Waals surface area contributed by atoms with Gasteiger partial charge in [0.05, 0.1) is 23.4 Å². The van der Waals surface area contributed by atoms with Crippen LogP contribution in [-0.4, -0.2) is 38.5 Å². The number of carbonyl (C=O) groups is 1.